The van der Waals surface area contributed by atoms with Crippen molar-refractivity contribution in [1.29, 1.82) is 0 Å². The summed E-state index contributed by atoms with van der Waals surface area (Å²) in [6, 6.07) is 0.860. The zero-order valence-corrected chi connectivity index (χ0v) is 11.7. The van der Waals surface area contributed by atoms with E-state index < -0.39 is 11.9 Å². The Morgan fingerprint density at radius 2 is 2.15 bits per heavy atom. The molecule has 0 amide bonds. The van der Waals surface area contributed by atoms with E-state index in [4.69, 9.17) is 0 Å². The molecular weight excluding hydrogens is 291 g/mol. The fourth-order valence-corrected chi connectivity index (χ4v) is 2.27. The minimum Gasteiger partial charge on any atom is -0.323 e. The maximum atomic E-state index is 12.6. The Bertz CT molecular complexity index is 651. The number of imidazole rings is 1. The maximum Gasteiger partial charge on any atom is 0.433 e. The second-order valence-corrected chi connectivity index (χ2v) is 5.39. The smallest absolute Gasteiger partial charge is 0.323 e. The molecular formula is C12H12F3N3OS. The Labute approximate surface area is 117 Å². The molecule has 2 aromatic rings. The van der Waals surface area contributed by atoms with Gasteiger partial charge in [-0.15, -0.1) is 0 Å². The summed E-state index contributed by atoms with van der Waals surface area (Å²) in [5.74, 6) is 0.994. The monoisotopic (exact) mass is 303 g/mol. The van der Waals surface area contributed by atoms with E-state index in [9.17, 15) is 18.0 Å². The van der Waals surface area contributed by atoms with Crippen molar-refractivity contribution in [2.24, 2.45) is 7.05 Å². The molecule has 108 valence electrons. The van der Waals surface area contributed by atoms with Crippen molar-refractivity contribution in [2.45, 2.75) is 13.1 Å². The number of hydrogen-bond acceptors (Lipinski definition) is 4. The van der Waals surface area contributed by atoms with Crippen LogP contribution in [0.5, 0.6) is 0 Å². The molecule has 0 atom stereocenters. The summed E-state index contributed by atoms with van der Waals surface area (Å²) >= 11 is 1.44. The van der Waals surface area contributed by atoms with Crippen LogP contribution in [-0.2, 0) is 13.2 Å². The van der Waals surface area contributed by atoms with Gasteiger partial charge < -0.3 is 4.57 Å². The first kappa shape index (κ1) is 14.8. The maximum absolute atomic E-state index is 12.6. The van der Waals surface area contributed by atoms with Crippen LogP contribution in [0.25, 0.3) is 11.0 Å². The van der Waals surface area contributed by atoms with Crippen LogP contribution < -0.4 is 0 Å². The highest BCUT2D eigenvalue weighted by molar-refractivity contribution is 7.99. The van der Waals surface area contributed by atoms with Gasteiger partial charge in [0.2, 0.25) is 5.78 Å². The number of hydrogen-bond donors (Lipinski definition) is 0. The van der Waals surface area contributed by atoms with Crippen molar-refractivity contribution in [2.75, 3.05) is 11.5 Å². The largest absolute Gasteiger partial charge is 0.433 e. The van der Waals surface area contributed by atoms with E-state index in [1.54, 1.807) is 7.05 Å². The Kier molecular flexibility index (Phi) is 4.03. The summed E-state index contributed by atoms with van der Waals surface area (Å²) in [4.78, 5) is 19.3. The van der Waals surface area contributed by atoms with E-state index in [1.165, 1.54) is 16.3 Å². The van der Waals surface area contributed by atoms with Crippen molar-refractivity contribution in [3.63, 3.8) is 0 Å². The minimum absolute atomic E-state index is 0.125. The van der Waals surface area contributed by atoms with Gasteiger partial charge in [-0.2, -0.15) is 24.9 Å². The molecule has 20 heavy (non-hydrogen) atoms. The first-order chi connectivity index (χ1) is 9.34. The zero-order chi connectivity index (χ0) is 14.9. The summed E-state index contributed by atoms with van der Waals surface area (Å²) in [5.41, 5.74) is -0.479. The SMILES string of the molecule is CCSCC(=O)c1nc2cc(C(F)(F)F)ncc2n1C. The molecule has 0 bridgehead atoms. The Morgan fingerprint density at radius 1 is 1.45 bits per heavy atom. The van der Waals surface area contributed by atoms with Gasteiger partial charge in [-0.1, -0.05) is 6.92 Å². The van der Waals surface area contributed by atoms with E-state index in [1.807, 2.05) is 6.92 Å². The van der Waals surface area contributed by atoms with Crippen LogP contribution in [0.2, 0.25) is 0 Å². The minimum atomic E-state index is -4.52. The fraction of sp³-hybridized carbons (Fsp3) is 0.417. The molecule has 2 heterocycles. The van der Waals surface area contributed by atoms with Crippen LogP contribution in [0, 0.1) is 0 Å². The summed E-state index contributed by atoms with van der Waals surface area (Å²) in [6.45, 7) is 1.92. The molecule has 4 nitrogen and oxygen atoms in total. The number of alkyl halides is 3. The lowest BCUT2D eigenvalue weighted by atomic mass is 10.3. The van der Waals surface area contributed by atoms with Crippen molar-refractivity contribution in [3.05, 3.63) is 23.8 Å². The molecule has 0 aliphatic rings. The van der Waals surface area contributed by atoms with Gasteiger partial charge in [0.15, 0.2) is 5.82 Å². The van der Waals surface area contributed by atoms with Gasteiger partial charge in [0.25, 0.3) is 0 Å². The number of aromatic nitrogens is 3. The van der Waals surface area contributed by atoms with Gasteiger partial charge in [-0.25, -0.2) is 9.97 Å². The van der Waals surface area contributed by atoms with Gasteiger partial charge in [0.05, 0.1) is 23.0 Å². The lowest BCUT2D eigenvalue weighted by Gasteiger charge is -2.04. The third-order valence-corrected chi connectivity index (χ3v) is 3.62. The average molecular weight is 303 g/mol. The lowest BCUT2D eigenvalue weighted by molar-refractivity contribution is -0.141. The molecule has 0 fully saturated rings. The van der Waals surface area contributed by atoms with Crippen molar-refractivity contribution >= 4 is 28.6 Å². The normalized spacial score (nSPS) is 12.1. The first-order valence-electron chi connectivity index (χ1n) is 5.85. The molecule has 0 aliphatic heterocycles. The van der Waals surface area contributed by atoms with E-state index >= 15 is 0 Å². The lowest BCUT2D eigenvalue weighted by Crippen LogP contribution is -2.10. The number of rotatable bonds is 4. The van der Waals surface area contributed by atoms with Crippen LogP contribution in [0.15, 0.2) is 12.3 Å². The molecule has 2 rings (SSSR count). The molecule has 0 aromatic carbocycles. The number of thioether (sulfide) groups is 1. The van der Waals surface area contributed by atoms with Gasteiger partial charge in [0, 0.05) is 7.05 Å². The van der Waals surface area contributed by atoms with Crippen LogP contribution >= 0.6 is 11.8 Å². The van der Waals surface area contributed by atoms with Gasteiger partial charge in [0.1, 0.15) is 5.69 Å². The quantitative estimate of drug-likeness (QED) is 0.815. The van der Waals surface area contributed by atoms with Crippen molar-refractivity contribution < 1.29 is 18.0 Å². The molecule has 0 saturated carbocycles. The molecule has 0 saturated heterocycles. The van der Waals surface area contributed by atoms with Crippen molar-refractivity contribution in [1.82, 2.24) is 14.5 Å². The van der Waals surface area contributed by atoms with Gasteiger partial charge in [-0.3, -0.25) is 4.79 Å². The third kappa shape index (κ3) is 2.79. The molecule has 0 unspecified atom stereocenters. The highest BCUT2D eigenvalue weighted by atomic mass is 32.2. The summed E-state index contributed by atoms with van der Waals surface area (Å²) < 4.78 is 39.2. The highest BCUT2D eigenvalue weighted by Crippen LogP contribution is 2.29. The highest BCUT2D eigenvalue weighted by Gasteiger charge is 2.33. The number of pyridine rings is 1. The Balaban J connectivity index is 2.44. The Morgan fingerprint density at radius 3 is 2.75 bits per heavy atom. The number of nitrogens with zero attached hydrogens (tertiary/aromatic N) is 3. The molecule has 0 aliphatic carbocycles. The topological polar surface area (TPSA) is 47.8 Å². The summed E-state index contributed by atoms with van der Waals surface area (Å²) in [5, 5.41) is 0. The average Bonchev–Trinajstić information content (AvgIpc) is 2.72. The van der Waals surface area contributed by atoms with Crippen molar-refractivity contribution in [3.8, 4) is 0 Å². The van der Waals surface area contributed by atoms with Crippen LogP contribution in [0.1, 0.15) is 23.2 Å². The second kappa shape index (κ2) is 5.43. The van der Waals surface area contributed by atoms with Gasteiger partial charge in [-0.05, 0) is 11.8 Å². The molecule has 8 heteroatoms. The number of carbonyl (C=O) groups is 1. The molecule has 2 aromatic heterocycles. The van der Waals surface area contributed by atoms with Crippen LogP contribution in [0.4, 0.5) is 13.2 Å². The Hall–Kier alpha value is -1.57. The predicted molar refractivity (Wildman–Crippen MR) is 70.8 cm³/mol. The number of ketones is 1. The standard InChI is InChI=1S/C12H12F3N3OS/c1-3-20-6-9(19)11-17-7-4-10(12(13,14)15)16-5-8(7)18(11)2/h4-5H,3,6H2,1-2H3. The number of carbonyl (C=O) groups excluding carboxylic acids is 1. The molecule has 0 spiro atoms. The van der Waals surface area contributed by atoms with Crippen LogP contribution in [0.3, 0.4) is 0 Å². The summed E-state index contributed by atoms with van der Waals surface area (Å²) in [6.07, 6.45) is -3.43. The van der Waals surface area contributed by atoms with Crippen LogP contribution in [-0.4, -0.2) is 31.8 Å². The van der Waals surface area contributed by atoms with E-state index in [0.717, 1.165) is 18.0 Å². The van der Waals surface area contributed by atoms with Gasteiger partial charge >= 0.3 is 6.18 Å². The predicted octanol–water partition coefficient (Wildman–Crippen LogP) is 2.92. The first-order valence-corrected chi connectivity index (χ1v) is 7.00. The number of aryl methyl sites for hydroxylation is 1. The molecule has 0 radical (unpaired) electrons. The fourth-order valence-electron chi connectivity index (χ4n) is 1.75. The number of fused-ring (bicyclic) bond motifs is 1. The number of Topliss-reactive ketones (excluding diaryl/α,β-unsaturated/α-hetero) is 1. The van der Waals surface area contributed by atoms with E-state index in [2.05, 4.69) is 9.97 Å². The third-order valence-electron chi connectivity index (χ3n) is 2.74. The number of halogens is 3. The summed E-state index contributed by atoms with van der Waals surface area (Å²) in [7, 11) is 1.59. The second-order valence-electron chi connectivity index (χ2n) is 4.11. The molecule has 0 N–H and O–H groups in total. The van der Waals surface area contributed by atoms with E-state index in [0.29, 0.717) is 5.52 Å². The van der Waals surface area contributed by atoms with E-state index in [-0.39, 0.29) is 22.9 Å². The zero-order valence-electron chi connectivity index (χ0n) is 10.9.